The largest absolute Gasteiger partial charge is 0.478 e. The third kappa shape index (κ3) is 5.52. The van der Waals surface area contributed by atoms with Crippen molar-refractivity contribution in [2.24, 2.45) is 5.73 Å². The summed E-state index contributed by atoms with van der Waals surface area (Å²) in [6.07, 6.45) is 0. The topological polar surface area (TPSA) is 97.9 Å². The quantitative estimate of drug-likeness (QED) is 0.297. The average Bonchev–Trinajstić information content (AvgIpc) is 2.90. The summed E-state index contributed by atoms with van der Waals surface area (Å²) in [6, 6.07) is 18.9. The zero-order valence-corrected chi connectivity index (χ0v) is 20.5. The highest BCUT2D eigenvalue weighted by molar-refractivity contribution is 5.91. The predicted octanol–water partition coefficient (Wildman–Crippen LogP) is 6.14. The molecular formula is C28H25F2N3O4. The molecule has 37 heavy (non-hydrogen) atoms. The lowest BCUT2D eigenvalue weighted by Gasteiger charge is -2.17. The molecule has 4 aromatic rings. The Hall–Kier alpha value is -4.50. The lowest BCUT2D eigenvalue weighted by Crippen LogP contribution is -2.10. The summed E-state index contributed by atoms with van der Waals surface area (Å²) < 4.78 is 41.2. The molecule has 0 bridgehead atoms. The number of hydrogen-bond acceptors (Lipinski definition) is 6. The number of anilines is 1. The van der Waals surface area contributed by atoms with E-state index in [1.807, 2.05) is 30.3 Å². The van der Waals surface area contributed by atoms with Crippen LogP contribution in [0.4, 0.5) is 14.5 Å². The van der Waals surface area contributed by atoms with E-state index in [1.54, 1.807) is 43.3 Å². The van der Waals surface area contributed by atoms with Crippen molar-refractivity contribution in [1.82, 2.24) is 4.98 Å². The van der Waals surface area contributed by atoms with Crippen LogP contribution >= 0.6 is 0 Å². The summed E-state index contributed by atoms with van der Waals surface area (Å²) in [7, 11) is 3.51. The van der Waals surface area contributed by atoms with Gasteiger partial charge in [0.2, 0.25) is 0 Å². The normalized spacial score (nSPS) is 10.8. The van der Waals surface area contributed by atoms with Gasteiger partial charge < -0.3 is 25.2 Å². The SMILES string of the molecule is Cc1c(F)c(Oc2cccc(-c3cccc(CN)c3)c2)nc(Oc2cc(N(C)C)ccc2C(=O)O)c1F. The van der Waals surface area contributed by atoms with E-state index in [4.69, 9.17) is 15.2 Å². The Balaban J connectivity index is 1.71. The molecule has 0 radical (unpaired) electrons. The lowest BCUT2D eigenvalue weighted by atomic mass is 10.0. The molecular weight excluding hydrogens is 480 g/mol. The molecule has 0 saturated carbocycles. The van der Waals surface area contributed by atoms with E-state index in [1.165, 1.54) is 19.1 Å². The van der Waals surface area contributed by atoms with Crippen LogP contribution in [0.5, 0.6) is 23.3 Å². The number of carboxylic acids is 1. The molecule has 4 rings (SSSR count). The van der Waals surface area contributed by atoms with E-state index in [-0.39, 0.29) is 22.6 Å². The van der Waals surface area contributed by atoms with Gasteiger partial charge >= 0.3 is 5.97 Å². The highest BCUT2D eigenvalue weighted by atomic mass is 19.1. The van der Waals surface area contributed by atoms with Crippen LogP contribution in [0, 0.1) is 18.6 Å². The molecule has 1 heterocycles. The number of nitrogens with zero attached hydrogens (tertiary/aromatic N) is 2. The minimum atomic E-state index is -1.27. The summed E-state index contributed by atoms with van der Waals surface area (Å²) in [5, 5.41) is 9.54. The zero-order chi connectivity index (χ0) is 26.7. The van der Waals surface area contributed by atoms with E-state index >= 15 is 0 Å². The molecule has 0 atom stereocenters. The Morgan fingerprint density at radius 3 is 2.24 bits per heavy atom. The third-order valence-electron chi connectivity index (χ3n) is 5.70. The predicted molar refractivity (Wildman–Crippen MR) is 137 cm³/mol. The van der Waals surface area contributed by atoms with E-state index in [9.17, 15) is 18.7 Å². The van der Waals surface area contributed by atoms with Crippen molar-refractivity contribution in [3.63, 3.8) is 0 Å². The summed E-state index contributed by atoms with van der Waals surface area (Å²) >= 11 is 0. The highest BCUT2D eigenvalue weighted by Gasteiger charge is 2.23. The zero-order valence-electron chi connectivity index (χ0n) is 20.5. The van der Waals surface area contributed by atoms with Crippen LogP contribution in [0.25, 0.3) is 11.1 Å². The van der Waals surface area contributed by atoms with Crippen molar-refractivity contribution in [3.8, 4) is 34.4 Å². The third-order valence-corrected chi connectivity index (χ3v) is 5.70. The molecule has 0 spiro atoms. The number of aromatic carboxylic acids is 1. The standard InChI is InChI=1S/C28H25F2N3O4/c1-16-24(29)26(36-21-9-5-8-19(13-21)18-7-4-6-17(12-18)15-31)32-27(25(16)30)37-23-14-20(33(2)3)10-11-22(23)28(34)35/h4-14H,15,31H2,1-3H3,(H,34,35). The van der Waals surface area contributed by atoms with Crippen LogP contribution in [0.3, 0.4) is 0 Å². The van der Waals surface area contributed by atoms with Gasteiger partial charge in [0, 0.05) is 38.0 Å². The van der Waals surface area contributed by atoms with Crippen molar-refractivity contribution in [2.75, 3.05) is 19.0 Å². The Labute approximate surface area is 212 Å². The molecule has 7 nitrogen and oxygen atoms in total. The minimum absolute atomic E-state index is 0.149. The van der Waals surface area contributed by atoms with E-state index < -0.39 is 29.4 Å². The number of rotatable bonds is 8. The molecule has 3 aromatic carbocycles. The second-order valence-corrected chi connectivity index (χ2v) is 8.49. The maximum absolute atomic E-state index is 15.0. The molecule has 190 valence electrons. The first-order chi connectivity index (χ1) is 17.7. The molecule has 1 aromatic heterocycles. The maximum atomic E-state index is 15.0. The summed E-state index contributed by atoms with van der Waals surface area (Å²) in [6.45, 7) is 1.60. The van der Waals surface area contributed by atoms with Crippen LogP contribution in [-0.4, -0.2) is 30.2 Å². The van der Waals surface area contributed by atoms with Gasteiger partial charge in [-0.15, -0.1) is 0 Å². The number of halogens is 2. The molecule has 0 aliphatic heterocycles. The van der Waals surface area contributed by atoms with Gasteiger partial charge in [0.1, 0.15) is 17.1 Å². The number of pyridine rings is 1. The van der Waals surface area contributed by atoms with Gasteiger partial charge in [-0.25, -0.2) is 13.6 Å². The first kappa shape index (κ1) is 25.6. The first-order valence-corrected chi connectivity index (χ1v) is 11.3. The number of aromatic nitrogens is 1. The molecule has 0 aliphatic carbocycles. The second kappa shape index (κ2) is 10.6. The maximum Gasteiger partial charge on any atom is 0.339 e. The first-order valence-electron chi connectivity index (χ1n) is 11.3. The van der Waals surface area contributed by atoms with Gasteiger partial charge in [-0.1, -0.05) is 30.3 Å². The summed E-state index contributed by atoms with van der Waals surface area (Å²) in [5.74, 6) is -4.35. The molecule has 0 unspecified atom stereocenters. The van der Waals surface area contributed by atoms with Crippen molar-refractivity contribution in [2.45, 2.75) is 13.5 Å². The summed E-state index contributed by atoms with van der Waals surface area (Å²) in [4.78, 5) is 17.3. The number of carbonyl (C=O) groups is 1. The Kier molecular flexibility index (Phi) is 7.35. The van der Waals surface area contributed by atoms with Crippen LogP contribution in [0.15, 0.2) is 66.7 Å². The van der Waals surface area contributed by atoms with Crippen LogP contribution < -0.4 is 20.1 Å². The van der Waals surface area contributed by atoms with Gasteiger partial charge in [-0.2, -0.15) is 4.98 Å². The summed E-state index contributed by atoms with van der Waals surface area (Å²) in [5.41, 5.74) is 8.41. The van der Waals surface area contributed by atoms with Gasteiger partial charge in [0.25, 0.3) is 11.8 Å². The van der Waals surface area contributed by atoms with E-state index in [0.717, 1.165) is 16.7 Å². The van der Waals surface area contributed by atoms with Gasteiger partial charge in [-0.05, 0) is 53.9 Å². The number of benzene rings is 3. The number of carboxylic acid groups (broad SMARTS) is 1. The van der Waals surface area contributed by atoms with Crippen LogP contribution in [0.1, 0.15) is 21.5 Å². The van der Waals surface area contributed by atoms with Gasteiger partial charge in [0.15, 0.2) is 11.6 Å². The lowest BCUT2D eigenvalue weighted by molar-refractivity contribution is 0.0694. The second-order valence-electron chi connectivity index (χ2n) is 8.49. The van der Waals surface area contributed by atoms with Crippen molar-refractivity contribution >= 4 is 11.7 Å². The number of ether oxygens (including phenoxy) is 2. The van der Waals surface area contributed by atoms with Crippen molar-refractivity contribution in [1.29, 1.82) is 0 Å². The molecule has 0 fully saturated rings. The van der Waals surface area contributed by atoms with E-state index in [2.05, 4.69) is 4.98 Å². The fourth-order valence-corrected chi connectivity index (χ4v) is 3.63. The smallest absolute Gasteiger partial charge is 0.339 e. The van der Waals surface area contributed by atoms with Crippen LogP contribution in [-0.2, 0) is 6.54 Å². The van der Waals surface area contributed by atoms with Gasteiger partial charge in [0.05, 0.1) is 0 Å². The molecule has 0 aliphatic rings. The van der Waals surface area contributed by atoms with Crippen LogP contribution in [0.2, 0.25) is 0 Å². The Morgan fingerprint density at radius 1 is 0.946 bits per heavy atom. The van der Waals surface area contributed by atoms with Gasteiger partial charge in [-0.3, -0.25) is 0 Å². The monoisotopic (exact) mass is 505 g/mol. The van der Waals surface area contributed by atoms with E-state index in [0.29, 0.717) is 12.2 Å². The fourth-order valence-electron chi connectivity index (χ4n) is 3.63. The van der Waals surface area contributed by atoms with Crippen molar-refractivity contribution < 1.29 is 28.2 Å². The Morgan fingerprint density at radius 2 is 1.59 bits per heavy atom. The average molecular weight is 506 g/mol. The highest BCUT2D eigenvalue weighted by Crippen LogP contribution is 2.36. The molecule has 0 saturated heterocycles. The number of nitrogens with two attached hydrogens (primary N) is 1. The molecule has 3 N–H and O–H groups in total. The Bertz CT molecular complexity index is 1470. The fraction of sp³-hybridized carbons (Fsp3) is 0.143. The number of hydrogen-bond donors (Lipinski definition) is 2. The molecule has 0 amide bonds. The van der Waals surface area contributed by atoms with Crippen molar-refractivity contribution in [3.05, 3.63) is 95.1 Å². The molecule has 9 heteroatoms. The minimum Gasteiger partial charge on any atom is -0.478 e.